The smallest absolute Gasteiger partial charge is 0.239 e. The van der Waals surface area contributed by atoms with Gasteiger partial charge in [0, 0.05) is 6.54 Å². The zero-order valence-corrected chi connectivity index (χ0v) is 16.0. The van der Waals surface area contributed by atoms with E-state index in [1.54, 1.807) is 14.2 Å². The zero-order valence-electron chi connectivity index (χ0n) is 16.0. The van der Waals surface area contributed by atoms with Crippen LogP contribution in [0.4, 0.5) is 0 Å². The summed E-state index contributed by atoms with van der Waals surface area (Å²) < 4.78 is 10.5. The van der Waals surface area contributed by atoms with Crippen LogP contribution in [0.1, 0.15) is 16.7 Å². The molecule has 0 saturated carbocycles. The average molecular weight is 370 g/mol. The molecule has 0 unspecified atom stereocenters. The molecule has 2 amide bonds. The lowest BCUT2D eigenvalue weighted by molar-refractivity contribution is -0.125. The van der Waals surface area contributed by atoms with Gasteiger partial charge < -0.3 is 20.1 Å². The summed E-state index contributed by atoms with van der Waals surface area (Å²) in [7, 11) is 3.17. The first kappa shape index (κ1) is 20.3. The number of benzene rings is 2. The van der Waals surface area contributed by atoms with Crippen LogP contribution in [-0.2, 0) is 22.4 Å². The second-order valence-electron chi connectivity index (χ2n) is 6.23. The fourth-order valence-electron chi connectivity index (χ4n) is 2.58. The summed E-state index contributed by atoms with van der Waals surface area (Å²) in [5.41, 5.74) is 3.09. The van der Waals surface area contributed by atoms with Crippen LogP contribution in [0.15, 0.2) is 42.5 Å². The highest BCUT2D eigenvalue weighted by molar-refractivity contribution is 5.85. The molecule has 0 aromatic heterocycles. The highest BCUT2D eigenvalue weighted by Crippen LogP contribution is 2.27. The Balaban J connectivity index is 1.70. The number of hydrogen-bond acceptors (Lipinski definition) is 4. The molecule has 0 aliphatic rings. The summed E-state index contributed by atoms with van der Waals surface area (Å²) in [6.45, 7) is 2.44. The number of carbonyl (C=O) groups is 2. The van der Waals surface area contributed by atoms with Gasteiger partial charge in [-0.1, -0.05) is 35.9 Å². The Morgan fingerprint density at radius 1 is 0.852 bits per heavy atom. The first-order valence-electron chi connectivity index (χ1n) is 8.81. The van der Waals surface area contributed by atoms with Crippen LogP contribution >= 0.6 is 0 Å². The third-order valence-electron chi connectivity index (χ3n) is 4.12. The van der Waals surface area contributed by atoms with Gasteiger partial charge in [0.15, 0.2) is 11.5 Å². The lowest BCUT2D eigenvalue weighted by atomic mass is 10.1. The predicted molar refractivity (Wildman–Crippen MR) is 104 cm³/mol. The minimum Gasteiger partial charge on any atom is -0.493 e. The quantitative estimate of drug-likeness (QED) is 0.708. The monoisotopic (exact) mass is 370 g/mol. The third-order valence-corrected chi connectivity index (χ3v) is 4.12. The van der Waals surface area contributed by atoms with Gasteiger partial charge in [-0.2, -0.15) is 0 Å². The van der Waals surface area contributed by atoms with Crippen LogP contribution < -0.4 is 20.1 Å². The van der Waals surface area contributed by atoms with Crippen LogP contribution in [0.2, 0.25) is 0 Å². The number of methoxy groups -OCH3 is 2. The Bertz CT molecular complexity index is 772. The van der Waals surface area contributed by atoms with E-state index in [1.165, 1.54) is 0 Å². The van der Waals surface area contributed by atoms with Crippen molar-refractivity contribution < 1.29 is 19.1 Å². The molecule has 0 spiro atoms. The lowest BCUT2D eigenvalue weighted by Gasteiger charge is -2.10. The summed E-state index contributed by atoms with van der Waals surface area (Å²) in [4.78, 5) is 23.8. The molecule has 0 saturated heterocycles. The third kappa shape index (κ3) is 6.66. The Morgan fingerprint density at radius 2 is 1.52 bits per heavy atom. The van der Waals surface area contributed by atoms with E-state index in [-0.39, 0.29) is 24.8 Å². The fraction of sp³-hybridized carbons (Fsp3) is 0.333. The molecule has 2 rings (SSSR count). The van der Waals surface area contributed by atoms with Crippen molar-refractivity contribution in [1.82, 2.24) is 10.6 Å². The highest BCUT2D eigenvalue weighted by atomic mass is 16.5. The normalized spacial score (nSPS) is 10.2. The number of ether oxygens (including phenoxy) is 2. The van der Waals surface area contributed by atoms with Gasteiger partial charge in [0.1, 0.15) is 0 Å². The molecule has 144 valence electrons. The molecule has 27 heavy (non-hydrogen) atoms. The molecular weight excluding hydrogens is 344 g/mol. The number of hydrogen-bond donors (Lipinski definition) is 2. The number of amides is 2. The van der Waals surface area contributed by atoms with Crippen LogP contribution in [0.3, 0.4) is 0 Å². The predicted octanol–water partition coefficient (Wildman–Crippen LogP) is 2.03. The van der Waals surface area contributed by atoms with E-state index in [1.807, 2.05) is 49.4 Å². The van der Waals surface area contributed by atoms with E-state index in [4.69, 9.17) is 9.47 Å². The van der Waals surface area contributed by atoms with Gasteiger partial charge in [-0.25, -0.2) is 0 Å². The number of carbonyl (C=O) groups excluding carboxylic acids is 2. The minimum atomic E-state index is -0.215. The minimum absolute atomic E-state index is 0.0311. The average Bonchev–Trinajstić information content (AvgIpc) is 2.68. The molecule has 0 bridgehead atoms. The molecule has 0 radical (unpaired) electrons. The molecule has 6 heteroatoms. The molecule has 2 aromatic carbocycles. The summed E-state index contributed by atoms with van der Waals surface area (Å²) in [5.74, 6) is 0.938. The van der Waals surface area contributed by atoms with Gasteiger partial charge in [0.2, 0.25) is 11.8 Å². The van der Waals surface area contributed by atoms with Crippen LogP contribution in [-0.4, -0.2) is 39.1 Å². The Hall–Kier alpha value is -3.02. The molecule has 0 aliphatic carbocycles. The number of rotatable bonds is 9. The maximum Gasteiger partial charge on any atom is 0.239 e. The summed E-state index contributed by atoms with van der Waals surface area (Å²) in [6.07, 6.45) is 0.919. The molecule has 0 fully saturated rings. The van der Waals surface area contributed by atoms with Crippen molar-refractivity contribution in [3.63, 3.8) is 0 Å². The molecule has 2 N–H and O–H groups in total. The van der Waals surface area contributed by atoms with Crippen molar-refractivity contribution in [1.29, 1.82) is 0 Å². The first-order chi connectivity index (χ1) is 13.0. The Labute approximate surface area is 159 Å². The maximum atomic E-state index is 11.9. The molecule has 0 aliphatic heterocycles. The molecule has 0 heterocycles. The van der Waals surface area contributed by atoms with Crippen molar-refractivity contribution in [2.75, 3.05) is 27.3 Å². The van der Waals surface area contributed by atoms with E-state index >= 15 is 0 Å². The second-order valence-corrected chi connectivity index (χ2v) is 6.23. The van der Waals surface area contributed by atoms with E-state index in [2.05, 4.69) is 10.6 Å². The van der Waals surface area contributed by atoms with Gasteiger partial charge >= 0.3 is 0 Å². The number of nitrogens with one attached hydrogen (secondary N) is 2. The van der Waals surface area contributed by atoms with Gasteiger partial charge in [0.05, 0.1) is 27.2 Å². The van der Waals surface area contributed by atoms with Gasteiger partial charge in [-0.05, 0) is 36.6 Å². The van der Waals surface area contributed by atoms with Crippen LogP contribution in [0.5, 0.6) is 11.5 Å². The summed E-state index contributed by atoms with van der Waals surface area (Å²) >= 11 is 0. The molecule has 0 atom stereocenters. The lowest BCUT2D eigenvalue weighted by Crippen LogP contribution is -2.38. The van der Waals surface area contributed by atoms with E-state index in [0.717, 1.165) is 16.7 Å². The fourth-order valence-corrected chi connectivity index (χ4v) is 2.58. The van der Waals surface area contributed by atoms with Crippen molar-refractivity contribution in [2.24, 2.45) is 0 Å². The van der Waals surface area contributed by atoms with Crippen molar-refractivity contribution in [3.05, 3.63) is 59.2 Å². The highest BCUT2D eigenvalue weighted by Gasteiger charge is 2.08. The van der Waals surface area contributed by atoms with E-state index in [0.29, 0.717) is 24.5 Å². The number of aryl methyl sites for hydroxylation is 1. The Morgan fingerprint density at radius 3 is 2.19 bits per heavy atom. The van der Waals surface area contributed by atoms with Gasteiger partial charge in [-0.3, -0.25) is 9.59 Å². The van der Waals surface area contributed by atoms with E-state index in [9.17, 15) is 9.59 Å². The Kier molecular flexibility index (Phi) is 7.67. The van der Waals surface area contributed by atoms with Crippen molar-refractivity contribution in [2.45, 2.75) is 19.8 Å². The van der Waals surface area contributed by atoms with Crippen molar-refractivity contribution in [3.8, 4) is 11.5 Å². The standard InChI is InChI=1S/C21H26N2O4/c1-15-4-6-16(7-5-15)13-20(24)23-14-21(25)22-11-10-17-8-9-18(26-2)19(12-17)27-3/h4-9,12H,10-11,13-14H2,1-3H3,(H,22,25)(H,23,24). The molecule has 6 nitrogen and oxygen atoms in total. The van der Waals surface area contributed by atoms with Crippen LogP contribution in [0.25, 0.3) is 0 Å². The van der Waals surface area contributed by atoms with Gasteiger partial charge in [-0.15, -0.1) is 0 Å². The maximum absolute atomic E-state index is 11.9. The molecule has 2 aromatic rings. The zero-order chi connectivity index (χ0) is 19.6. The second kappa shape index (κ2) is 10.2. The van der Waals surface area contributed by atoms with Crippen molar-refractivity contribution >= 4 is 11.8 Å². The summed E-state index contributed by atoms with van der Waals surface area (Å²) in [5, 5.41) is 5.44. The molecular formula is C21H26N2O4. The van der Waals surface area contributed by atoms with E-state index < -0.39 is 0 Å². The van der Waals surface area contributed by atoms with Gasteiger partial charge in [0.25, 0.3) is 0 Å². The largest absolute Gasteiger partial charge is 0.493 e. The topological polar surface area (TPSA) is 76.7 Å². The first-order valence-corrected chi connectivity index (χ1v) is 8.81. The summed E-state index contributed by atoms with van der Waals surface area (Å²) in [6, 6.07) is 13.4. The van der Waals surface area contributed by atoms with Crippen LogP contribution in [0, 0.1) is 6.92 Å². The SMILES string of the molecule is COc1ccc(CCNC(=O)CNC(=O)Cc2ccc(C)cc2)cc1OC.